The molecule has 4 rings (SSSR count). The Morgan fingerprint density at radius 1 is 1.33 bits per heavy atom. The van der Waals surface area contributed by atoms with Crippen LogP contribution in [0.4, 0.5) is 0 Å². The second kappa shape index (κ2) is 6.22. The first-order valence-electron chi connectivity index (χ1n) is 8.43. The average Bonchev–Trinajstić information content (AvgIpc) is 3.32. The number of nitrogens with one attached hydrogen (secondary N) is 1. The third kappa shape index (κ3) is 2.86. The van der Waals surface area contributed by atoms with Gasteiger partial charge in [-0.25, -0.2) is 0 Å². The second-order valence-electron chi connectivity index (χ2n) is 6.61. The van der Waals surface area contributed by atoms with Crippen LogP contribution in [0, 0.1) is 17.8 Å². The van der Waals surface area contributed by atoms with Crippen LogP contribution in [-0.2, 0) is 11.2 Å². The van der Waals surface area contributed by atoms with Crippen molar-refractivity contribution >= 4 is 11.6 Å². The summed E-state index contributed by atoms with van der Waals surface area (Å²) in [4.78, 5) is 12.1. The number of carbonyl (C=O) groups excluding carboxylic acids is 1. The number of rotatable bonds is 6. The fourth-order valence-corrected chi connectivity index (χ4v) is 3.77. The number of amides is 1. The monoisotopic (exact) mass is 327 g/mol. The molecular weight excluding hydrogens is 306 g/mol. The quantitative estimate of drug-likeness (QED) is 0.811. The standard InChI is InChI=1S/C17H21N5O2/c1-24-17-7-5-15-20-19-14(22(15)21-17)4-6-16(23)18-10-13-9-11-2-3-12(13)8-11/h2-3,5,7,11-13H,4,6,8-10H2,1H3,(H,18,23). The van der Waals surface area contributed by atoms with Crippen LogP contribution in [0.2, 0.25) is 0 Å². The summed E-state index contributed by atoms with van der Waals surface area (Å²) < 4.78 is 6.75. The van der Waals surface area contributed by atoms with Gasteiger partial charge in [0.05, 0.1) is 7.11 Å². The van der Waals surface area contributed by atoms with Gasteiger partial charge in [0.25, 0.3) is 0 Å². The van der Waals surface area contributed by atoms with E-state index in [1.807, 2.05) is 0 Å². The average molecular weight is 327 g/mol. The summed E-state index contributed by atoms with van der Waals surface area (Å²) in [5.74, 6) is 3.22. The molecule has 0 aromatic carbocycles. The molecule has 126 valence electrons. The molecule has 2 heterocycles. The number of hydrogen-bond donors (Lipinski definition) is 1. The highest BCUT2D eigenvalue weighted by Crippen LogP contribution is 2.42. The molecule has 3 atom stereocenters. The van der Waals surface area contributed by atoms with Crippen molar-refractivity contribution in [3.05, 3.63) is 30.1 Å². The lowest BCUT2D eigenvalue weighted by molar-refractivity contribution is -0.121. The zero-order valence-corrected chi connectivity index (χ0v) is 13.7. The van der Waals surface area contributed by atoms with Gasteiger partial charge in [-0.3, -0.25) is 4.79 Å². The third-order valence-electron chi connectivity index (χ3n) is 5.07. The highest BCUT2D eigenvalue weighted by molar-refractivity contribution is 5.76. The molecule has 0 saturated heterocycles. The van der Waals surface area contributed by atoms with E-state index >= 15 is 0 Å². The Morgan fingerprint density at radius 3 is 3.00 bits per heavy atom. The van der Waals surface area contributed by atoms with Gasteiger partial charge in [0.2, 0.25) is 11.8 Å². The lowest BCUT2D eigenvalue weighted by Crippen LogP contribution is -2.31. The van der Waals surface area contributed by atoms with Crippen LogP contribution in [-0.4, -0.2) is 39.4 Å². The van der Waals surface area contributed by atoms with Gasteiger partial charge in [-0.05, 0) is 36.7 Å². The Kier molecular flexibility index (Phi) is 3.92. The van der Waals surface area contributed by atoms with Crippen LogP contribution in [0.3, 0.4) is 0 Å². The number of hydrogen-bond acceptors (Lipinski definition) is 5. The van der Waals surface area contributed by atoms with Crippen molar-refractivity contribution in [2.24, 2.45) is 17.8 Å². The Morgan fingerprint density at radius 2 is 2.25 bits per heavy atom. The molecule has 3 unspecified atom stereocenters. The summed E-state index contributed by atoms with van der Waals surface area (Å²) in [5.41, 5.74) is 0.653. The molecule has 2 aliphatic rings. The number of aryl methyl sites for hydroxylation is 1. The molecule has 2 bridgehead atoms. The lowest BCUT2D eigenvalue weighted by atomic mass is 9.93. The SMILES string of the molecule is COc1ccc2nnc(CCC(=O)NCC3CC4C=CC3C4)n2n1. The molecule has 0 spiro atoms. The van der Waals surface area contributed by atoms with E-state index in [2.05, 4.69) is 32.8 Å². The van der Waals surface area contributed by atoms with E-state index in [0.29, 0.717) is 42.0 Å². The molecule has 7 heteroatoms. The van der Waals surface area contributed by atoms with E-state index in [9.17, 15) is 4.79 Å². The first kappa shape index (κ1) is 15.1. The number of allylic oxidation sites excluding steroid dienone is 2. The van der Waals surface area contributed by atoms with Crippen molar-refractivity contribution in [3.63, 3.8) is 0 Å². The van der Waals surface area contributed by atoms with Crippen molar-refractivity contribution in [1.29, 1.82) is 0 Å². The lowest BCUT2D eigenvalue weighted by Gasteiger charge is -2.18. The Balaban J connectivity index is 1.31. The predicted molar refractivity (Wildman–Crippen MR) is 87.5 cm³/mol. The number of nitrogens with zero attached hydrogens (tertiary/aromatic N) is 4. The van der Waals surface area contributed by atoms with Crippen LogP contribution < -0.4 is 10.1 Å². The van der Waals surface area contributed by atoms with E-state index in [4.69, 9.17) is 4.74 Å². The zero-order chi connectivity index (χ0) is 16.5. The topological polar surface area (TPSA) is 81.4 Å². The summed E-state index contributed by atoms with van der Waals surface area (Å²) in [5, 5.41) is 15.5. The molecule has 1 saturated carbocycles. The van der Waals surface area contributed by atoms with Crippen LogP contribution in [0.1, 0.15) is 25.1 Å². The number of carbonyl (C=O) groups is 1. The van der Waals surface area contributed by atoms with Crippen molar-refractivity contribution in [2.45, 2.75) is 25.7 Å². The summed E-state index contributed by atoms with van der Waals surface area (Å²) in [6.07, 6.45) is 7.99. The maximum absolute atomic E-state index is 12.1. The van der Waals surface area contributed by atoms with Crippen molar-refractivity contribution < 1.29 is 9.53 Å². The normalized spacial score (nSPS) is 24.6. The van der Waals surface area contributed by atoms with Gasteiger partial charge in [-0.1, -0.05) is 12.2 Å². The number of aromatic nitrogens is 4. The van der Waals surface area contributed by atoms with Crippen LogP contribution >= 0.6 is 0 Å². The Labute approximate surface area is 140 Å². The molecule has 2 aromatic heterocycles. The molecule has 2 aliphatic carbocycles. The van der Waals surface area contributed by atoms with Gasteiger partial charge in [-0.2, -0.15) is 4.52 Å². The fraction of sp³-hybridized carbons (Fsp3) is 0.529. The molecule has 1 fully saturated rings. The minimum atomic E-state index is 0.0569. The van der Waals surface area contributed by atoms with Crippen LogP contribution in [0.5, 0.6) is 5.88 Å². The van der Waals surface area contributed by atoms with E-state index < -0.39 is 0 Å². The number of ether oxygens (including phenoxy) is 1. The van der Waals surface area contributed by atoms with E-state index in [-0.39, 0.29) is 5.91 Å². The minimum Gasteiger partial charge on any atom is -0.480 e. The van der Waals surface area contributed by atoms with Gasteiger partial charge in [0.15, 0.2) is 11.5 Å². The molecule has 7 nitrogen and oxygen atoms in total. The first-order valence-corrected chi connectivity index (χ1v) is 8.43. The van der Waals surface area contributed by atoms with Gasteiger partial charge in [0, 0.05) is 25.5 Å². The van der Waals surface area contributed by atoms with Crippen LogP contribution in [0.25, 0.3) is 5.65 Å². The van der Waals surface area contributed by atoms with Gasteiger partial charge >= 0.3 is 0 Å². The zero-order valence-electron chi connectivity index (χ0n) is 13.7. The molecule has 0 aliphatic heterocycles. The molecule has 1 amide bonds. The van der Waals surface area contributed by atoms with Crippen molar-refractivity contribution in [3.8, 4) is 5.88 Å². The van der Waals surface area contributed by atoms with Crippen molar-refractivity contribution in [1.82, 2.24) is 25.1 Å². The molecule has 2 aromatic rings. The third-order valence-corrected chi connectivity index (χ3v) is 5.07. The summed E-state index contributed by atoms with van der Waals surface area (Å²) in [6, 6.07) is 3.54. The Bertz CT molecular complexity index is 784. The molecule has 24 heavy (non-hydrogen) atoms. The largest absolute Gasteiger partial charge is 0.480 e. The predicted octanol–water partition coefficient (Wildman–Crippen LogP) is 1.39. The molecule has 0 radical (unpaired) electrons. The van der Waals surface area contributed by atoms with E-state index in [1.54, 1.807) is 23.8 Å². The first-order chi connectivity index (χ1) is 11.7. The number of methoxy groups -OCH3 is 1. The fourth-order valence-electron chi connectivity index (χ4n) is 3.77. The summed E-state index contributed by atoms with van der Waals surface area (Å²) in [6.45, 7) is 0.775. The maximum Gasteiger partial charge on any atom is 0.231 e. The summed E-state index contributed by atoms with van der Waals surface area (Å²) in [7, 11) is 1.57. The molecule has 1 N–H and O–H groups in total. The van der Waals surface area contributed by atoms with Gasteiger partial charge in [-0.15, -0.1) is 15.3 Å². The molecular formula is C17H21N5O2. The smallest absolute Gasteiger partial charge is 0.231 e. The highest BCUT2D eigenvalue weighted by Gasteiger charge is 2.35. The van der Waals surface area contributed by atoms with Crippen molar-refractivity contribution in [2.75, 3.05) is 13.7 Å². The van der Waals surface area contributed by atoms with Gasteiger partial charge in [0.1, 0.15) is 0 Å². The second-order valence-corrected chi connectivity index (χ2v) is 6.61. The highest BCUT2D eigenvalue weighted by atomic mass is 16.5. The van der Waals surface area contributed by atoms with Crippen LogP contribution in [0.15, 0.2) is 24.3 Å². The summed E-state index contributed by atoms with van der Waals surface area (Å²) >= 11 is 0. The number of fused-ring (bicyclic) bond motifs is 3. The van der Waals surface area contributed by atoms with Gasteiger partial charge < -0.3 is 10.1 Å². The van der Waals surface area contributed by atoms with E-state index in [0.717, 1.165) is 12.5 Å². The maximum atomic E-state index is 12.1. The van der Waals surface area contributed by atoms with E-state index in [1.165, 1.54) is 12.8 Å². The minimum absolute atomic E-state index is 0.0569. The Hall–Kier alpha value is -2.44.